The second kappa shape index (κ2) is 17.1. The lowest BCUT2D eigenvalue weighted by atomic mass is 10.0. The van der Waals surface area contributed by atoms with E-state index in [1.165, 1.54) is 46.2 Å². The summed E-state index contributed by atoms with van der Waals surface area (Å²) in [6.45, 7) is 3.17. The maximum atomic E-state index is 14.1. The van der Waals surface area contributed by atoms with Gasteiger partial charge in [-0.3, -0.25) is 9.80 Å². The maximum Gasteiger partial charge on any atom is 0.426 e. The fraction of sp³-hybridized carbons (Fsp3) is 0.300. The maximum absolute atomic E-state index is 14.1. The minimum atomic E-state index is -1.69. The normalized spacial score (nSPS) is 17.3. The molecule has 0 aliphatic carbocycles. The van der Waals surface area contributed by atoms with Crippen molar-refractivity contribution < 1.29 is 37.4 Å². The van der Waals surface area contributed by atoms with Gasteiger partial charge < -0.3 is 19.3 Å². The zero-order valence-electron chi connectivity index (χ0n) is 29.6. The average molecular weight is 780 g/mol. The molecule has 2 atom stereocenters. The number of hydrogen-bond acceptors (Lipinski definition) is 8. The van der Waals surface area contributed by atoms with Crippen molar-refractivity contribution >= 4 is 58.7 Å². The molecule has 14 heteroatoms. The van der Waals surface area contributed by atoms with Crippen molar-refractivity contribution in [1.82, 2.24) is 9.80 Å². The average Bonchev–Trinajstić information content (AvgIpc) is 3.78. The number of rotatable bonds is 8. The lowest BCUT2D eigenvalue weighted by Crippen LogP contribution is -2.41. The predicted octanol–water partition coefficient (Wildman–Crippen LogP) is 8.15. The van der Waals surface area contributed by atoms with E-state index in [0.717, 1.165) is 25.9 Å². The van der Waals surface area contributed by atoms with Gasteiger partial charge in [0.25, 0.3) is 0 Å². The van der Waals surface area contributed by atoms with Gasteiger partial charge in [0.15, 0.2) is 0 Å². The first kappa shape index (κ1) is 38.8. The van der Waals surface area contributed by atoms with Gasteiger partial charge in [-0.05, 0) is 99.4 Å². The van der Waals surface area contributed by atoms with E-state index in [1.807, 2.05) is 14.1 Å². The van der Waals surface area contributed by atoms with Crippen LogP contribution in [0.1, 0.15) is 12.8 Å². The predicted molar refractivity (Wildman–Crippen MR) is 203 cm³/mol. The van der Waals surface area contributed by atoms with Gasteiger partial charge in [0.1, 0.15) is 11.6 Å². The Hall–Kier alpha value is -4.88. The number of para-hydroxylation sites is 2. The number of halogens is 4. The third kappa shape index (κ3) is 9.07. The Labute approximate surface area is 321 Å². The summed E-state index contributed by atoms with van der Waals surface area (Å²) in [5.41, 5.74) is 2.69. The van der Waals surface area contributed by atoms with Crippen LogP contribution in [0.25, 0.3) is 22.3 Å². The monoisotopic (exact) mass is 778 g/mol. The third-order valence-electron chi connectivity index (χ3n) is 9.68. The van der Waals surface area contributed by atoms with E-state index in [9.17, 15) is 28.0 Å². The molecule has 54 heavy (non-hydrogen) atoms. The molecule has 2 aliphatic rings. The van der Waals surface area contributed by atoms with Crippen molar-refractivity contribution in [2.24, 2.45) is 11.8 Å². The largest absolute Gasteiger partial charge is 0.426 e. The standard InChI is InChI=1S/C40H38Cl2F2N4O6/c1-45-17-15-25(21-45)23-47(35-9-5-3-7-29(35)27-11-13-33(43)31(41)19-27)39(51)53-37(49)38(50)54-40(52)48(24-26-16-18-46(2)22-26)36-10-6-4-8-30(36)28-12-14-34(44)32(42)20-28/h3-14,19-20,25-26H,15-18,21-24H2,1-2H3. The molecule has 2 saturated heterocycles. The third-order valence-corrected chi connectivity index (χ3v) is 10.3. The van der Waals surface area contributed by atoms with Gasteiger partial charge in [-0.2, -0.15) is 0 Å². The van der Waals surface area contributed by atoms with Crippen LogP contribution in [0.3, 0.4) is 0 Å². The van der Waals surface area contributed by atoms with Gasteiger partial charge in [-0.1, -0.05) is 71.7 Å². The van der Waals surface area contributed by atoms with Crippen LogP contribution in [0.15, 0.2) is 84.9 Å². The first-order valence-electron chi connectivity index (χ1n) is 17.4. The highest BCUT2D eigenvalue weighted by molar-refractivity contribution is 6.34. The van der Waals surface area contributed by atoms with Crippen molar-refractivity contribution in [3.8, 4) is 22.3 Å². The van der Waals surface area contributed by atoms with E-state index in [0.29, 0.717) is 46.7 Å². The van der Waals surface area contributed by atoms with E-state index in [-0.39, 0.29) is 35.0 Å². The molecular weight excluding hydrogens is 741 g/mol. The van der Waals surface area contributed by atoms with Crippen molar-refractivity contribution in [2.45, 2.75) is 12.8 Å². The number of carbonyl (C=O) groups is 4. The molecule has 2 amide bonds. The van der Waals surface area contributed by atoms with Crippen molar-refractivity contribution in [3.63, 3.8) is 0 Å². The summed E-state index contributed by atoms with van der Waals surface area (Å²) >= 11 is 12.2. The van der Waals surface area contributed by atoms with E-state index in [2.05, 4.69) is 9.80 Å². The first-order valence-corrected chi connectivity index (χ1v) is 18.2. The van der Waals surface area contributed by atoms with Crippen molar-refractivity contribution in [1.29, 1.82) is 0 Å². The molecule has 6 rings (SSSR count). The number of anilines is 2. The van der Waals surface area contributed by atoms with E-state index in [4.69, 9.17) is 32.7 Å². The highest BCUT2D eigenvalue weighted by atomic mass is 35.5. The molecular formula is C40H38Cl2F2N4O6. The zero-order chi connectivity index (χ0) is 38.5. The summed E-state index contributed by atoms with van der Waals surface area (Å²) in [6.07, 6.45) is -0.811. The van der Waals surface area contributed by atoms with Gasteiger partial charge in [-0.15, -0.1) is 0 Å². The van der Waals surface area contributed by atoms with Crippen LogP contribution in [0.2, 0.25) is 10.0 Å². The highest BCUT2D eigenvalue weighted by Crippen LogP contribution is 2.36. The zero-order valence-corrected chi connectivity index (χ0v) is 31.2. The smallest absolute Gasteiger partial charge is 0.367 e. The fourth-order valence-electron chi connectivity index (χ4n) is 7.00. The van der Waals surface area contributed by atoms with Gasteiger partial charge in [-0.25, -0.2) is 28.0 Å². The summed E-state index contributed by atoms with van der Waals surface area (Å²) in [7, 11) is 3.91. The summed E-state index contributed by atoms with van der Waals surface area (Å²) in [5, 5.41) is -0.232. The quantitative estimate of drug-likeness (QED) is 0.100. The number of hydrogen-bond donors (Lipinski definition) is 0. The summed E-state index contributed by atoms with van der Waals surface area (Å²) in [6, 6.07) is 21.8. The number of nitrogens with zero attached hydrogens (tertiary/aromatic N) is 4. The summed E-state index contributed by atoms with van der Waals surface area (Å²) in [5.74, 6) is -4.61. The van der Waals surface area contributed by atoms with Gasteiger partial charge in [0, 0.05) is 37.3 Å². The molecule has 2 aliphatic heterocycles. The molecule has 0 radical (unpaired) electrons. The van der Waals surface area contributed by atoms with Crippen molar-refractivity contribution in [3.05, 3.63) is 107 Å². The van der Waals surface area contributed by atoms with Crippen LogP contribution in [0, 0.1) is 23.5 Å². The number of ether oxygens (including phenoxy) is 2. The Kier molecular flexibility index (Phi) is 12.3. The topological polar surface area (TPSA) is 99.7 Å². The van der Waals surface area contributed by atoms with E-state index < -0.39 is 35.8 Å². The molecule has 2 heterocycles. The molecule has 0 bridgehead atoms. The molecule has 0 spiro atoms. The second-order valence-corrected chi connectivity index (χ2v) is 14.5. The Morgan fingerprint density at radius 3 is 1.39 bits per heavy atom. The van der Waals surface area contributed by atoms with E-state index in [1.54, 1.807) is 48.5 Å². The van der Waals surface area contributed by atoms with Crippen LogP contribution in [0.5, 0.6) is 0 Å². The highest BCUT2D eigenvalue weighted by Gasteiger charge is 2.35. The van der Waals surface area contributed by atoms with Gasteiger partial charge >= 0.3 is 24.1 Å². The minimum absolute atomic E-state index is 0.00436. The van der Waals surface area contributed by atoms with Crippen LogP contribution in [-0.2, 0) is 19.1 Å². The Bertz CT molecular complexity index is 1920. The van der Waals surface area contributed by atoms with Crippen LogP contribution in [-0.4, -0.2) is 87.3 Å². The molecule has 0 N–H and O–H groups in total. The molecule has 4 aromatic rings. The number of esters is 2. The molecule has 10 nitrogen and oxygen atoms in total. The Balaban J connectivity index is 1.24. The molecule has 4 aromatic carbocycles. The number of benzene rings is 4. The van der Waals surface area contributed by atoms with Crippen LogP contribution < -0.4 is 9.80 Å². The molecule has 2 fully saturated rings. The second-order valence-electron chi connectivity index (χ2n) is 13.7. The fourth-order valence-corrected chi connectivity index (χ4v) is 7.36. The minimum Gasteiger partial charge on any atom is -0.367 e. The molecule has 0 saturated carbocycles. The number of amides is 2. The Morgan fingerprint density at radius 2 is 1.04 bits per heavy atom. The molecule has 282 valence electrons. The first-order chi connectivity index (χ1) is 25.9. The number of carbonyl (C=O) groups excluding carboxylic acids is 4. The molecule has 0 aromatic heterocycles. The summed E-state index contributed by atoms with van der Waals surface area (Å²) < 4.78 is 38.3. The SMILES string of the molecule is CN1CCC(CN(C(=O)OC(=O)C(=O)OC(=O)N(CC2CCN(C)C2)c2ccccc2-c2ccc(F)c(Cl)c2)c2ccccc2-c2ccc(F)c(Cl)c2)C1. The van der Waals surface area contributed by atoms with Crippen LogP contribution in [0.4, 0.5) is 29.7 Å². The molecule has 2 unspecified atom stereocenters. The number of likely N-dealkylation sites (tertiary alicyclic amines) is 2. The summed E-state index contributed by atoms with van der Waals surface area (Å²) in [4.78, 5) is 60.8. The lowest BCUT2D eigenvalue weighted by molar-refractivity contribution is -0.159. The van der Waals surface area contributed by atoms with Crippen molar-refractivity contribution in [2.75, 3.05) is 63.2 Å². The lowest BCUT2D eigenvalue weighted by Gasteiger charge is -2.27. The van der Waals surface area contributed by atoms with Gasteiger partial charge in [0.05, 0.1) is 21.4 Å². The van der Waals surface area contributed by atoms with Gasteiger partial charge in [0.2, 0.25) is 0 Å². The van der Waals surface area contributed by atoms with E-state index >= 15 is 0 Å². The van der Waals surface area contributed by atoms with Crippen LogP contribution >= 0.6 is 23.2 Å². The Morgan fingerprint density at radius 1 is 0.648 bits per heavy atom.